The summed E-state index contributed by atoms with van der Waals surface area (Å²) in [5.41, 5.74) is 3.29. The maximum Gasteiger partial charge on any atom is 0.222 e. The summed E-state index contributed by atoms with van der Waals surface area (Å²) >= 11 is 0. The zero-order valence-corrected chi connectivity index (χ0v) is 13.1. The van der Waals surface area contributed by atoms with Crippen LogP contribution < -0.4 is 14.8 Å². The van der Waals surface area contributed by atoms with E-state index in [1.807, 2.05) is 38.2 Å². The Balaban J connectivity index is 2.20. The van der Waals surface area contributed by atoms with E-state index in [-0.39, 0.29) is 0 Å². The summed E-state index contributed by atoms with van der Waals surface area (Å²) in [6.45, 7) is 7.86. The first-order chi connectivity index (χ1) is 10.1. The van der Waals surface area contributed by atoms with Gasteiger partial charge < -0.3 is 14.8 Å². The van der Waals surface area contributed by atoms with Gasteiger partial charge in [-0.15, -0.1) is 0 Å². The Morgan fingerprint density at radius 3 is 2.62 bits per heavy atom. The van der Waals surface area contributed by atoms with Crippen LogP contribution >= 0.6 is 0 Å². The number of hydrogen-bond acceptors (Lipinski definition) is 4. The van der Waals surface area contributed by atoms with Gasteiger partial charge >= 0.3 is 0 Å². The highest BCUT2D eigenvalue weighted by Crippen LogP contribution is 2.32. The SMILES string of the molecule is CCNCc1cnc(Oc2ccc(C)cc2OC)c(C)c1. The summed E-state index contributed by atoms with van der Waals surface area (Å²) in [6, 6.07) is 7.93. The second kappa shape index (κ2) is 7.09. The first-order valence-electron chi connectivity index (χ1n) is 7.12. The number of pyridine rings is 1. The molecular weight excluding hydrogens is 264 g/mol. The Morgan fingerprint density at radius 1 is 1.14 bits per heavy atom. The van der Waals surface area contributed by atoms with Gasteiger partial charge in [0, 0.05) is 18.3 Å². The van der Waals surface area contributed by atoms with E-state index in [1.54, 1.807) is 7.11 Å². The van der Waals surface area contributed by atoms with Crippen LogP contribution in [0, 0.1) is 13.8 Å². The Morgan fingerprint density at radius 2 is 1.95 bits per heavy atom. The van der Waals surface area contributed by atoms with E-state index in [0.717, 1.165) is 29.8 Å². The van der Waals surface area contributed by atoms with Crippen LogP contribution in [0.25, 0.3) is 0 Å². The number of aromatic nitrogens is 1. The Labute approximate surface area is 126 Å². The summed E-state index contributed by atoms with van der Waals surface area (Å²) < 4.78 is 11.2. The summed E-state index contributed by atoms with van der Waals surface area (Å²) in [6.07, 6.45) is 1.84. The van der Waals surface area contributed by atoms with Gasteiger partial charge in [-0.1, -0.05) is 13.0 Å². The normalized spacial score (nSPS) is 10.5. The van der Waals surface area contributed by atoms with Gasteiger partial charge in [-0.25, -0.2) is 4.98 Å². The lowest BCUT2D eigenvalue weighted by molar-refractivity contribution is 0.372. The van der Waals surface area contributed by atoms with Crippen molar-refractivity contribution in [1.29, 1.82) is 0 Å². The van der Waals surface area contributed by atoms with Crippen molar-refractivity contribution in [2.24, 2.45) is 0 Å². The second-order valence-corrected chi connectivity index (χ2v) is 5.00. The standard InChI is InChI=1S/C17H22N2O2/c1-5-18-10-14-9-13(3)17(19-11-14)21-15-7-6-12(2)8-16(15)20-4/h6-9,11,18H,5,10H2,1-4H3. The predicted octanol–water partition coefficient (Wildman–Crippen LogP) is 3.61. The van der Waals surface area contributed by atoms with Crippen molar-refractivity contribution < 1.29 is 9.47 Å². The molecule has 0 amide bonds. The van der Waals surface area contributed by atoms with Gasteiger partial charge in [0.1, 0.15) is 0 Å². The van der Waals surface area contributed by atoms with E-state index in [0.29, 0.717) is 17.4 Å². The molecule has 112 valence electrons. The van der Waals surface area contributed by atoms with Crippen molar-refractivity contribution in [2.45, 2.75) is 27.3 Å². The highest BCUT2D eigenvalue weighted by Gasteiger charge is 2.09. The summed E-state index contributed by atoms with van der Waals surface area (Å²) in [4.78, 5) is 4.41. The number of ether oxygens (including phenoxy) is 2. The number of nitrogens with one attached hydrogen (secondary N) is 1. The van der Waals surface area contributed by atoms with E-state index in [4.69, 9.17) is 9.47 Å². The molecule has 21 heavy (non-hydrogen) atoms. The van der Waals surface area contributed by atoms with Gasteiger partial charge in [0.05, 0.1) is 7.11 Å². The molecule has 4 heteroatoms. The zero-order chi connectivity index (χ0) is 15.2. The molecule has 0 aliphatic carbocycles. The molecule has 2 rings (SSSR count). The van der Waals surface area contributed by atoms with Gasteiger partial charge in [-0.3, -0.25) is 0 Å². The molecule has 0 bridgehead atoms. The fourth-order valence-electron chi connectivity index (χ4n) is 2.06. The van der Waals surface area contributed by atoms with Crippen LogP contribution in [0.1, 0.15) is 23.6 Å². The van der Waals surface area contributed by atoms with Crippen LogP contribution in [0.3, 0.4) is 0 Å². The van der Waals surface area contributed by atoms with Gasteiger partial charge in [0.2, 0.25) is 5.88 Å². The van der Waals surface area contributed by atoms with Crippen LogP contribution in [0.4, 0.5) is 0 Å². The van der Waals surface area contributed by atoms with Gasteiger partial charge in [-0.2, -0.15) is 0 Å². The maximum absolute atomic E-state index is 5.89. The molecule has 0 saturated carbocycles. The van der Waals surface area contributed by atoms with Crippen molar-refractivity contribution in [2.75, 3.05) is 13.7 Å². The lowest BCUT2D eigenvalue weighted by Crippen LogP contribution is -2.12. The van der Waals surface area contributed by atoms with E-state index >= 15 is 0 Å². The molecule has 1 aromatic heterocycles. The van der Waals surface area contributed by atoms with Crippen molar-refractivity contribution in [3.63, 3.8) is 0 Å². The second-order valence-electron chi connectivity index (χ2n) is 5.00. The molecule has 0 saturated heterocycles. The fourth-order valence-corrected chi connectivity index (χ4v) is 2.06. The molecule has 0 atom stereocenters. The topological polar surface area (TPSA) is 43.4 Å². The minimum absolute atomic E-state index is 0.609. The number of rotatable bonds is 6. The van der Waals surface area contributed by atoms with Crippen LogP contribution in [-0.2, 0) is 6.54 Å². The average molecular weight is 286 g/mol. The van der Waals surface area contributed by atoms with E-state index in [2.05, 4.69) is 23.3 Å². The molecule has 0 fully saturated rings. The fraction of sp³-hybridized carbons (Fsp3) is 0.353. The highest BCUT2D eigenvalue weighted by atomic mass is 16.5. The lowest BCUT2D eigenvalue weighted by atomic mass is 10.2. The van der Waals surface area contributed by atoms with E-state index < -0.39 is 0 Å². The minimum atomic E-state index is 0.609. The molecule has 0 aliphatic heterocycles. The summed E-state index contributed by atoms with van der Waals surface area (Å²) in [7, 11) is 1.64. The predicted molar refractivity (Wildman–Crippen MR) is 84.2 cm³/mol. The summed E-state index contributed by atoms with van der Waals surface area (Å²) in [5, 5.41) is 3.28. The molecule has 0 radical (unpaired) electrons. The molecular formula is C17H22N2O2. The third-order valence-corrected chi connectivity index (χ3v) is 3.19. The molecule has 0 spiro atoms. The lowest BCUT2D eigenvalue weighted by Gasteiger charge is -2.12. The van der Waals surface area contributed by atoms with Crippen molar-refractivity contribution >= 4 is 0 Å². The monoisotopic (exact) mass is 286 g/mol. The molecule has 4 nitrogen and oxygen atoms in total. The first kappa shape index (κ1) is 15.3. The minimum Gasteiger partial charge on any atom is -0.493 e. The third-order valence-electron chi connectivity index (χ3n) is 3.19. The number of methoxy groups -OCH3 is 1. The Kier molecular flexibility index (Phi) is 5.17. The summed E-state index contributed by atoms with van der Waals surface area (Å²) in [5.74, 6) is 2.00. The van der Waals surface area contributed by atoms with Gasteiger partial charge in [0.15, 0.2) is 11.5 Å². The quantitative estimate of drug-likeness (QED) is 0.881. The van der Waals surface area contributed by atoms with Crippen molar-refractivity contribution in [1.82, 2.24) is 10.3 Å². The molecule has 1 aromatic carbocycles. The number of aryl methyl sites for hydroxylation is 2. The Hall–Kier alpha value is -2.07. The first-order valence-corrected chi connectivity index (χ1v) is 7.12. The molecule has 2 aromatic rings. The van der Waals surface area contributed by atoms with E-state index in [1.165, 1.54) is 0 Å². The molecule has 1 N–H and O–H groups in total. The van der Waals surface area contributed by atoms with Crippen LogP contribution in [0.2, 0.25) is 0 Å². The number of hydrogen-bond donors (Lipinski definition) is 1. The van der Waals surface area contributed by atoms with Gasteiger partial charge in [0.25, 0.3) is 0 Å². The molecule has 1 heterocycles. The third kappa shape index (κ3) is 3.95. The number of nitrogens with zero attached hydrogens (tertiary/aromatic N) is 1. The van der Waals surface area contributed by atoms with E-state index in [9.17, 15) is 0 Å². The highest BCUT2D eigenvalue weighted by molar-refractivity contribution is 5.45. The van der Waals surface area contributed by atoms with Crippen LogP contribution in [0.15, 0.2) is 30.5 Å². The smallest absolute Gasteiger partial charge is 0.222 e. The van der Waals surface area contributed by atoms with Crippen LogP contribution in [-0.4, -0.2) is 18.6 Å². The maximum atomic E-state index is 5.89. The largest absolute Gasteiger partial charge is 0.493 e. The molecule has 0 unspecified atom stereocenters. The van der Waals surface area contributed by atoms with Crippen LogP contribution in [0.5, 0.6) is 17.4 Å². The average Bonchev–Trinajstić information content (AvgIpc) is 2.49. The zero-order valence-electron chi connectivity index (χ0n) is 13.1. The van der Waals surface area contributed by atoms with Crippen molar-refractivity contribution in [3.05, 3.63) is 47.2 Å². The van der Waals surface area contributed by atoms with Crippen molar-refractivity contribution in [3.8, 4) is 17.4 Å². The molecule has 0 aliphatic rings. The number of benzene rings is 1. The Bertz CT molecular complexity index is 612. The van der Waals surface area contributed by atoms with Gasteiger partial charge in [-0.05, 0) is 49.7 Å².